The summed E-state index contributed by atoms with van der Waals surface area (Å²) in [4.78, 5) is 11.4. The van der Waals surface area contributed by atoms with Gasteiger partial charge >= 0.3 is 5.97 Å². The van der Waals surface area contributed by atoms with Gasteiger partial charge < -0.3 is 5.11 Å². The number of carbonyl (C=O) groups is 1. The van der Waals surface area contributed by atoms with Gasteiger partial charge in [0, 0.05) is 5.02 Å². The molecule has 106 valence electrons. The second-order valence-electron chi connectivity index (χ2n) is 4.56. The van der Waals surface area contributed by atoms with Crippen molar-refractivity contribution in [1.82, 2.24) is 9.78 Å². The molecule has 4 nitrogen and oxygen atoms in total. The van der Waals surface area contributed by atoms with E-state index in [4.69, 9.17) is 11.6 Å². The van der Waals surface area contributed by atoms with Crippen molar-refractivity contribution in [3.8, 4) is 0 Å². The van der Waals surface area contributed by atoms with Crippen LogP contribution in [-0.2, 0) is 19.4 Å². The van der Waals surface area contributed by atoms with Crippen LogP contribution in [0.5, 0.6) is 0 Å². The van der Waals surface area contributed by atoms with Crippen LogP contribution in [0, 0.1) is 0 Å². The Bertz CT molecular complexity index is 618. The largest absolute Gasteiger partial charge is 0.478 e. The number of rotatable bonds is 5. The molecule has 0 spiro atoms. The zero-order valence-electron chi connectivity index (χ0n) is 11.6. The normalized spacial score (nSPS) is 10.8. The lowest BCUT2D eigenvalue weighted by atomic mass is 10.1. The van der Waals surface area contributed by atoms with Crippen LogP contribution in [0.4, 0.5) is 0 Å². The molecular formula is C15H17ClN2O2. The topological polar surface area (TPSA) is 55.1 Å². The van der Waals surface area contributed by atoms with E-state index in [2.05, 4.69) is 5.10 Å². The number of hydrogen-bond acceptors (Lipinski definition) is 2. The lowest BCUT2D eigenvalue weighted by Gasteiger charge is -2.07. The Labute approximate surface area is 123 Å². The molecule has 0 saturated heterocycles. The highest BCUT2D eigenvalue weighted by atomic mass is 35.5. The number of nitrogens with zero attached hydrogens (tertiary/aromatic N) is 2. The Morgan fingerprint density at radius 3 is 2.40 bits per heavy atom. The van der Waals surface area contributed by atoms with Gasteiger partial charge in [0.2, 0.25) is 0 Å². The Balaban J connectivity index is 2.41. The molecule has 0 fully saturated rings. The fourth-order valence-corrected chi connectivity index (χ4v) is 2.42. The van der Waals surface area contributed by atoms with Crippen LogP contribution in [0.1, 0.15) is 41.2 Å². The average Bonchev–Trinajstić information content (AvgIpc) is 2.79. The number of carboxylic acids is 1. The van der Waals surface area contributed by atoms with E-state index in [1.165, 1.54) is 0 Å². The van der Waals surface area contributed by atoms with Crippen molar-refractivity contribution in [2.45, 2.75) is 33.2 Å². The number of aromatic nitrogens is 2. The van der Waals surface area contributed by atoms with Crippen molar-refractivity contribution in [3.63, 3.8) is 0 Å². The molecule has 1 aromatic carbocycles. The zero-order valence-corrected chi connectivity index (χ0v) is 12.3. The van der Waals surface area contributed by atoms with Crippen LogP contribution in [0.2, 0.25) is 5.02 Å². The molecule has 0 aliphatic heterocycles. The third kappa shape index (κ3) is 2.85. The molecule has 0 aliphatic carbocycles. The number of carboxylic acid groups (broad SMARTS) is 1. The molecule has 5 heteroatoms. The van der Waals surface area contributed by atoms with Crippen LogP contribution in [0.25, 0.3) is 0 Å². The smallest absolute Gasteiger partial charge is 0.339 e. The summed E-state index contributed by atoms with van der Waals surface area (Å²) in [6, 6.07) is 7.50. The van der Waals surface area contributed by atoms with Crippen LogP contribution in [0.15, 0.2) is 24.3 Å². The van der Waals surface area contributed by atoms with Gasteiger partial charge in [-0.15, -0.1) is 0 Å². The molecule has 0 radical (unpaired) electrons. The van der Waals surface area contributed by atoms with Gasteiger partial charge in [0.1, 0.15) is 5.56 Å². The molecule has 0 atom stereocenters. The Hall–Kier alpha value is -1.81. The fraction of sp³-hybridized carbons (Fsp3) is 0.333. The van der Waals surface area contributed by atoms with Gasteiger partial charge in [0.15, 0.2) is 0 Å². The first-order valence-electron chi connectivity index (χ1n) is 6.63. The maximum atomic E-state index is 11.4. The highest BCUT2D eigenvalue weighted by Crippen LogP contribution is 2.18. The summed E-state index contributed by atoms with van der Waals surface area (Å²) in [6.07, 6.45) is 1.25. The highest BCUT2D eigenvalue weighted by molar-refractivity contribution is 6.30. The maximum Gasteiger partial charge on any atom is 0.339 e. The Morgan fingerprint density at radius 2 is 1.90 bits per heavy atom. The minimum atomic E-state index is -0.902. The van der Waals surface area contributed by atoms with E-state index in [0.717, 1.165) is 11.3 Å². The molecule has 1 N–H and O–H groups in total. The molecule has 1 heterocycles. The van der Waals surface area contributed by atoms with Crippen molar-refractivity contribution in [3.05, 3.63) is 51.8 Å². The maximum absolute atomic E-state index is 11.4. The van der Waals surface area contributed by atoms with Gasteiger partial charge in [-0.05, 0) is 30.5 Å². The van der Waals surface area contributed by atoms with Gasteiger partial charge in [-0.25, -0.2) is 4.79 Å². The summed E-state index contributed by atoms with van der Waals surface area (Å²) in [7, 11) is 0. The standard InChI is InChI=1S/C15H17ClN2O2/c1-3-12-14(15(19)20)13(4-2)18(17-12)9-10-5-7-11(16)8-6-10/h5-8H,3-4,9H2,1-2H3,(H,19,20). The van der Waals surface area contributed by atoms with E-state index in [-0.39, 0.29) is 0 Å². The number of halogens is 1. The van der Waals surface area contributed by atoms with Crippen LogP contribution in [0.3, 0.4) is 0 Å². The lowest BCUT2D eigenvalue weighted by molar-refractivity contribution is 0.0694. The summed E-state index contributed by atoms with van der Waals surface area (Å²) < 4.78 is 1.78. The van der Waals surface area contributed by atoms with Crippen molar-refractivity contribution < 1.29 is 9.90 Å². The second kappa shape index (κ2) is 6.09. The number of aryl methyl sites for hydroxylation is 1. The van der Waals surface area contributed by atoms with Gasteiger partial charge in [-0.2, -0.15) is 5.10 Å². The predicted octanol–water partition coefficient (Wildman–Crippen LogP) is 3.41. The first kappa shape index (κ1) is 14.6. The monoisotopic (exact) mass is 292 g/mol. The molecule has 2 rings (SSSR count). The predicted molar refractivity (Wildman–Crippen MR) is 78.5 cm³/mol. The van der Waals surface area contributed by atoms with E-state index in [0.29, 0.717) is 35.7 Å². The van der Waals surface area contributed by atoms with E-state index in [1.807, 2.05) is 38.1 Å². The minimum Gasteiger partial charge on any atom is -0.478 e. The first-order chi connectivity index (χ1) is 9.56. The van der Waals surface area contributed by atoms with Crippen molar-refractivity contribution in [2.75, 3.05) is 0 Å². The first-order valence-corrected chi connectivity index (χ1v) is 7.00. The highest BCUT2D eigenvalue weighted by Gasteiger charge is 2.21. The SMILES string of the molecule is CCc1nn(Cc2ccc(Cl)cc2)c(CC)c1C(=O)O. The summed E-state index contributed by atoms with van der Waals surface area (Å²) in [5, 5.41) is 14.5. The van der Waals surface area contributed by atoms with Crippen molar-refractivity contribution in [2.24, 2.45) is 0 Å². The minimum absolute atomic E-state index is 0.351. The third-order valence-electron chi connectivity index (χ3n) is 3.26. The number of benzene rings is 1. The molecular weight excluding hydrogens is 276 g/mol. The third-order valence-corrected chi connectivity index (χ3v) is 3.51. The molecule has 1 aromatic heterocycles. The summed E-state index contributed by atoms with van der Waals surface area (Å²) in [6.45, 7) is 4.42. The van der Waals surface area contributed by atoms with E-state index in [1.54, 1.807) is 4.68 Å². The summed E-state index contributed by atoms with van der Waals surface area (Å²) in [5.41, 5.74) is 2.81. The van der Waals surface area contributed by atoms with Crippen LogP contribution >= 0.6 is 11.6 Å². The summed E-state index contributed by atoms with van der Waals surface area (Å²) in [5.74, 6) is -0.902. The Kier molecular flexibility index (Phi) is 4.45. The van der Waals surface area contributed by atoms with E-state index in [9.17, 15) is 9.90 Å². The fourth-order valence-electron chi connectivity index (χ4n) is 2.30. The van der Waals surface area contributed by atoms with E-state index >= 15 is 0 Å². The number of hydrogen-bond donors (Lipinski definition) is 1. The second-order valence-corrected chi connectivity index (χ2v) is 5.00. The van der Waals surface area contributed by atoms with Gasteiger partial charge in [0.25, 0.3) is 0 Å². The molecule has 20 heavy (non-hydrogen) atoms. The summed E-state index contributed by atoms with van der Waals surface area (Å²) >= 11 is 5.87. The van der Waals surface area contributed by atoms with Gasteiger partial charge in [-0.1, -0.05) is 37.6 Å². The van der Waals surface area contributed by atoms with E-state index < -0.39 is 5.97 Å². The van der Waals surface area contributed by atoms with Crippen molar-refractivity contribution in [1.29, 1.82) is 0 Å². The molecule has 0 bridgehead atoms. The molecule has 2 aromatic rings. The van der Waals surface area contributed by atoms with Crippen LogP contribution in [-0.4, -0.2) is 20.9 Å². The lowest BCUT2D eigenvalue weighted by Crippen LogP contribution is -2.08. The molecule has 0 aliphatic rings. The molecule has 0 unspecified atom stereocenters. The zero-order chi connectivity index (χ0) is 14.7. The molecule has 0 saturated carbocycles. The van der Waals surface area contributed by atoms with Gasteiger partial charge in [-0.3, -0.25) is 4.68 Å². The Morgan fingerprint density at radius 1 is 1.25 bits per heavy atom. The quantitative estimate of drug-likeness (QED) is 0.919. The average molecular weight is 293 g/mol. The number of aromatic carboxylic acids is 1. The molecule has 0 amide bonds. The van der Waals surface area contributed by atoms with Crippen molar-refractivity contribution >= 4 is 17.6 Å². The van der Waals surface area contributed by atoms with Gasteiger partial charge in [0.05, 0.1) is 17.9 Å². The van der Waals surface area contributed by atoms with Crippen LogP contribution < -0.4 is 0 Å².